The molecule has 1 atom stereocenters. The molecule has 1 unspecified atom stereocenters. The Hall–Kier alpha value is -0.280. The number of alkyl halides is 3. The zero-order valence-corrected chi connectivity index (χ0v) is 3.24. The van der Waals surface area contributed by atoms with Crippen molar-refractivity contribution in [1.29, 1.82) is 0 Å². The van der Waals surface area contributed by atoms with Crippen LogP contribution in [0.25, 0.3) is 0 Å². The van der Waals surface area contributed by atoms with Gasteiger partial charge in [-0.25, -0.2) is 17.6 Å². The average molecular weight is 115 g/mol. The summed E-state index contributed by atoms with van der Waals surface area (Å²) in [6, 6.07) is 0. The van der Waals surface area contributed by atoms with Gasteiger partial charge in [-0.1, -0.05) is 0 Å². The predicted octanol–water partition coefficient (Wildman–Crippen LogP) is 1.72. The molecular weight excluding hydrogens is 112 g/mol. The Kier molecular flexibility index (Phi) is 2.71. The van der Waals surface area contributed by atoms with E-state index >= 15 is 0 Å². The highest BCUT2D eigenvalue weighted by Crippen LogP contribution is 2.07. The third-order valence-corrected chi connectivity index (χ3v) is 0.361. The minimum absolute atomic E-state index is 0.676. The molecule has 0 fully saturated rings. The molecule has 0 rings (SSSR count). The fourth-order valence-corrected chi connectivity index (χ4v) is 0.0550. The Morgan fingerprint density at radius 2 is 1.57 bits per heavy atom. The molecule has 4 heteroatoms. The van der Waals surface area contributed by atoms with Gasteiger partial charge in [-0.2, -0.15) is 0 Å². The van der Waals surface area contributed by atoms with Crippen LogP contribution in [0.1, 0.15) is 0 Å². The van der Waals surface area contributed by atoms with Crippen LogP contribution in [0.3, 0.4) is 0 Å². The molecule has 7 heavy (non-hydrogen) atoms. The van der Waals surface area contributed by atoms with E-state index in [1.54, 1.807) is 0 Å². The van der Waals surface area contributed by atoms with E-state index in [1.165, 1.54) is 0 Å². The topological polar surface area (TPSA) is 0 Å². The van der Waals surface area contributed by atoms with Crippen LogP contribution in [-0.4, -0.2) is 12.6 Å². The van der Waals surface area contributed by atoms with Gasteiger partial charge in [0.2, 0.25) is 0 Å². The lowest BCUT2D eigenvalue weighted by atomic mass is 10.4. The second-order valence-electron chi connectivity index (χ2n) is 0.905. The van der Waals surface area contributed by atoms with Gasteiger partial charge in [-0.05, 0) is 0 Å². The lowest BCUT2D eigenvalue weighted by Crippen LogP contribution is -2.09. The molecule has 0 aromatic carbocycles. The van der Waals surface area contributed by atoms with Crippen LogP contribution < -0.4 is 0 Å². The standard InChI is InChI=1S/C3H3F4/c4-1-2(5)3(6)7/h1-3H. The lowest BCUT2D eigenvalue weighted by Gasteiger charge is -1.96. The second kappa shape index (κ2) is 2.82. The van der Waals surface area contributed by atoms with Crippen LogP contribution in [-0.2, 0) is 0 Å². The van der Waals surface area contributed by atoms with E-state index in [1.807, 2.05) is 0 Å². The summed E-state index contributed by atoms with van der Waals surface area (Å²) < 4.78 is 43.3. The third-order valence-electron chi connectivity index (χ3n) is 0.361. The molecule has 0 amide bonds. The Labute approximate surface area is 38.1 Å². The number of hydrogen-bond acceptors (Lipinski definition) is 0. The third kappa shape index (κ3) is 2.42. The largest absolute Gasteiger partial charge is 0.272 e. The molecule has 0 aliphatic heterocycles. The smallest absolute Gasteiger partial charge is 0.241 e. The summed E-state index contributed by atoms with van der Waals surface area (Å²) in [7, 11) is 0. The van der Waals surface area contributed by atoms with Gasteiger partial charge in [-0.15, -0.1) is 0 Å². The van der Waals surface area contributed by atoms with Gasteiger partial charge in [0.05, 0.1) is 0 Å². The van der Waals surface area contributed by atoms with Gasteiger partial charge < -0.3 is 0 Å². The SMILES string of the molecule is F[CH]C(F)C(F)F. The second-order valence-corrected chi connectivity index (χ2v) is 0.905. The Morgan fingerprint density at radius 1 is 1.14 bits per heavy atom. The van der Waals surface area contributed by atoms with Crippen molar-refractivity contribution in [3.63, 3.8) is 0 Å². The zero-order valence-electron chi connectivity index (χ0n) is 3.24. The molecule has 0 aliphatic carbocycles. The van der Waals surface area contributed by atoms with Crippen LogP contribution in [0, 0.1) is 6.67 Å². The maximum absolute atomic E-state index is 11.1. The molecular formula is C3H3F4. The van der Waals surface area contributed by atoms with Crippen molar-refractivity contribution >= 4 is 0 Å². The number of halogens is 4. The van der Waals surface area contributed by atoms with Gasteiger partial charge in [0.1, 0.15) is 0 Å². The Balaban J connectivity index is 3.14. The van der Waals surface area contributed by atoms with E-state index in [0.29, 0.717) is 0 Å². The van der Waals surface area contributed by atoms with Crippen LogP contribution >= 0.6 is 0 Å². The van der Waals surface area contributed by atoms with Crippen molar-refractivity contribution in [2.24, 2.45) is 0 Å². The van der Waals surface area contributed by atoms with Crippen molar-refractivity contribution in [2.75, 3.05) is 0 Å². The van der Waals surface area contributed by atoms with E-state index in [4.69, 9.17) is 0 Å². The number of rotatable bonds is 2. The highest BCUT2D eigenvalue weighted by molar-refractivity contribution is 4.65. The van der Waals surface area contributed by atoms with E-state index in [-0.39, 0.29) is 0 Å². The van der Waals surface area contributed by atoms with Gasteiger partial charge in [0.25, 0.3) is 6.43 Å². The minimum Gasteiger partial charge on any atom is -0.241 e. The fraction of sp³-hybridized carbons (Fsp3) is 0.667. The van der Waals surface area contributed by atoms with E-state index in [9.17, 15) is 17.6 Å². The van der Waals surface area contributed by atoms with Crippen LogP contribution in [0.4, 0.5) is 17.6 Å². The molecule has 0 nitrogen and oxygen atoms in total. The molecule has 1 radical (unpaired) electrons. The first-order valence-corrected chi connectivity index (χ1v) is 1.54. The van der Waals surface area contributed by atoms with Crippen molar-refractivity contribution in [3.05, 3.63) is 6.67 Å². The number of hydrogen-bond donors (Lipinski definition) is 0. The summed E-state index contributed by atoms with van der Waals surface area (Å²) in [6.45, 7) is -0.676. The summed E-state index contributed by atoms with van der Waals surface area (Å²) in [5.74, 6) is 0. The summed E-state index contributed by atoms with van der Waals surface area (Å²) >= 11 is 0. The molecule has 43 valence electrons. The van der Waals surface area contributed by atoms with Gasteiger partial charge in [0, 0.05) is 0 Å². The molecule has 0 saturated carbocycles. The lowest BCUT2D eigenvalue weighted by molar-refractivity contribution is 0.0548. The predicted molar refractivity (Wildman–Crippen MR) is 16.3 cm³/mol. The highest BCUT2D eigenvalue weighted by Gasteiger charge is 2.18. The summed E-state index contributed by atoms with van der Waals surface area (Å²) in [5, 5.41) is 0. The van der Waals surface area contributed by atoms with E-state index in [2.05, 4.69) is 0 Å². The van der Waals surface area contributed by atoms with Crippen LogP contribution in [0.2, 0.25) is 0 Å². The fourth-order valence-electron chi connectivity index (χ4n) is 0.0550. The van der Waals surface area contributed by atoms with Crippen molar-refractivity contribution in [2.45, 2.75) is 12.6 Å². The quantitative estimate of drug-likeness (QED) is 0.480. The van der Waals surface area contributed by atoms with Gasteiger partial charge in [-0.3, -0.25) is 0 Å². The van der Waals surface area contributed by atoms with Crippen LogP contribution in [0.15, 0.2) is 0 Å². The summed E-state index contributed by atoms with van der Waals surface area (Å²) in [4.78, 5) is 0. The summed E-state index contributed by atoms with van der Waals surface area (Å²) in [5.41, 5.74) is 0. The molecule has 0 aromatic rings. The first kappa shape index (κ1) is 6.72. The van der Waals surface area contributed by atoms with Gasteiger partial charge in [0.15, 0.2) is 12.8 Å². The van der Waals surface area contributed by atoms with Crippen LogP contribution in [0.5, 0.6) is 0 Å². The molecule has 0 N–H and O–H groups in total. The Bertz CT molecular complexity index is 44.2. The highest BCUT2D eigenvalue weighted by atomic mass is 19.3. The molecule has 0 spiro atoms. The molecule has 0 aliphatic rings. The molecule has 0 heterocycles. The molecule has 0 aromatic heterocycles. The normalized spacial score (nSPS) is 15.0. The average Bonchev–Trinajstić information content (AvgIpc) is 1.65. The Morgan fingerprint density at radius 3 is 1.57 bits per heavy atom. The first-order chi connectivity index (χ1) is 3.18. The van der Waals surface area contributed by atoms with Crippen molar-refractivity contribution < 1.29 is 17.6 Å². The maximum Gasteiger partial charge on any atom is 0.272 e. The first-order valence-electron chi connectivity index (χ1n) is 1.54. The van der Waals surface area contributed by atoms with E-state index < -0.39 is 19.3 Å². The van der Waals surface area contributed by atoms with Gasteiger partial charge >= 0.3 is 0 Å². The maximum atomic E-state index is 11.1. The molecule has 0 saturated heterocycles. The zero-order chi connectivity index (χ0) is 5.86. The van der Waals surface area contributed by atoms with E-state index in [0.717, 1.165) is 0 Å². The van der Waals surface area contributed by atoms with Crippen molar-refractivity contribution in [3.8, 4) is 0 Å². The minimum atomic E-state index is -3.23. The van der Waals surface area contributed by atoms with Crippen molar-refractivity contribution in [1.82, 2.24) is 0 Å². The monoisotopic (exact) mass is 115 g/mol. The molecule has 0 bridgehead atoms. The summed E-state index contributed by atoms with van der Waals surface area (Å²) in [6.07, 6.45) is -5.95.